The van der Waals surface area contributed by atoms with Crippen LogP contribution in [0.15, 0.2) is 23.5 Å². The zero-order valence-corrected chi connectivity index (χ0v) is 25.1. The van der Waals surface area contributed by atoms with Crippen molar-refractivity contribution in [2.24, 2.45) is 17.8 Å². The Bertz CT molecular complexity index is 793. The van der Waals surface area contributed by atoms with Crippen molar-refractivity contribution in [3.63, 3.8) is 0 Å². The van der Waals surface area contributed by atoms with Gasteiger partial charge in [0.1, 0.15) is 30.2 Å². The van der Waals surface area contributed by atoms with Crippen molar-refractivity contribution in [3.05, 3.63) is 23.5 Å². The van der Waals surface area contributed by atoms with E-state index in [-0.39, 0.29) is 17.6 Å². The quantitative estimate of drug-likeness (QED) is 0.202. The molecule has 2 saturated heterocycles. The van der Waals surface area contributed by atoms with E-state index >= 15 is 0 Å². The van der Waals surface area contributed by atoms with Crippen LogP contribution < -0.4 is 0 Å². The van der Waals surface area contributed by atoms with Crippen molar-refractivity contribution in [2.75, 3.05) is 6.61 Å². The Kier molecular flexibility index (Phi) is 12.8. The van der Waals surface area contributed by atoms with Gasteiger partial charge in [0.15, 0.2) is 0 Å². The molecule has 0 bridgehead atoms. The molecule has 9 atom stereocenters. The first-order valence-corrected chi connectivity index (χ1v) is 15.6. The summed E-state index contributed by atoms with van der Waals surface area (Å²) in [5.74, 6) is 2.24. The Balaban J connectivity index is 1.40. The Hall–Kier alpha value is -0.960. The summed E-state index contributed by atoms with van der Waals surface area (Å²) in [5.41, 5.74) is 1.04. The number of hydrogen-bond donors (Lipinski definition) is 4. The van der Waals surface area contributed by atoms with Crippen LogP contribution in [0.1, 0.15) is 112 Å². The maximum absolute atomic E-state index is 10.3. The van der Waals surface area contributed by atoms with Gasteiger partial charge in [0, 0.05) is 5.92 Å². The molecule has 0 amide bonds. The summed E-state index contributed by atoms with van der Waals surface area (Å²) in [6.07, 6.45) is 12.4. The third-order valence-electron chi connectivity index (χ3n) is 8.93. The summed E-state index contributed by atoms with van der Waals surface area (Å²) in [7, 11) is 0. The van der Waals surface area contributed by atoms with Crippen LogP contribution in [0.2, 0.25) is 0 Å². The van der Waals surface area contributed by atoms with Crippen LogP contribution in [-0.4, -0.2) is 69.4 Å². The number of aliphatic hydroxyl groups excluding tert-OH is 4. The lowest BCUT2D eigenvalue weighted by molar-refractivity contribution is -0.290. The number of aliphatic hydroxyl groups is 4. The molecule has 226 valence electrons. The van der Waals surface area contributed by atoms with Crippen LogP contribution in [0.3, 0.4) is 0 Å². The first-order valence-electron chi connectivity index (χ1n) is 15.6. The molecule has 39 heavy (non-hydrogen) atoms. The first kappa shape index (κ1) is 32.6. The van der Waals surface area contributed by atoms with E-state index in [1.807, 2.05) is 12.2 Å². The summed E-state index contributed by atoms with van der Waals surface area (Å²) >= 11 is 0. The van der Waals surface area contributed by atoms with Gasteiger partial charge in [-0.05, 0) is 55.7 Å². The van der Waals surface area contributed by atoms with Gasteiger partial charge in [0.25, 0.3) is 0 Å². The summed E-state index contributed by atoms with van der Waals surface area (Å²) in [5, 5.41) is 39.9. The minimum Gasteiger partial charge on any atom is -0.462 e. The van der Waals surface area contributed by atoms with E-state index < -0.39 is 37.3 Å². The van der Waals surface area contributed by atoms with Gasteiger partial charge in [-0.2, -0.15) is 0 Å². The minimum absolute atomic E-state index is 0.000908. The van der Waals surface area contributed by atoms with E-state index in [0.717, 1.165) is 31.1 Å². The maximum atomic E-state index is 10.3. The maximum Gasteiger partial charge on any atom is 0.229 e. The molecule has 0 aromatic carbocycles. The van der Waals surface area contributed by atoms with E-state index in [4.69, 9.17) is 14.2 Å². The average molecular weight is 553 g/mol. The lowest BCUT2D eigenvalue weighted by Crippen LogP contribution is -2.59. The largest absolute Gasteiger partial charge is 0.462 e. The monoisotopic (exact) mass is 552 g/mol. The van der Waals surface area contributed by atoms with E-state index in [9.17, 15) is 20.4 Å². The average Bonchev–Trinajstić information content (AvgIpc) is 2.89. The molecule has 2 aliphatic heterocycles. The third kappa shape index (κ3) is 9.54. The number of unbranched alkanes of at least 4 members (excludes halogenated alkanes) is 4. The first-order chi connectivity index (χ1) is 18.5. The fourth-order valence-corrected chi connectivity index (χ4v) is 6.27. The van der Waals surface area contributed by atoms with E-state index in [1.54, 1.807) is 0 Å². The molecule has 3 rings (SSSR count). The second-order valence-electron chi connectivity index (χ2n) is 13.2. The highest BCUT2D eigenvalue weighted by atomic mass is 16.7. The van der Waals surface area contributed by atoms with Crippen LogP contribution in [0.5, 0.6) is 0 Å². The van der Waals surface area contributed by atoms with Crippen LogP contribution in [-0.2, 0) is 14.2 Å². The summed E-state index contributed by atoms with van der Waals surface area (Å²) in [6, 6.07) is 0. The van der Waals surface area contributed by atoms with E-state index in [2.05, 4.69) is 34.6 Å². The lowest BCUT2D eigenvalue weighted by Gasteiger charge is -2.44. The molecule has 2 heterocycles. The molecular weight excluding hydrogens is 496 g/mol. The summed E-state index contributed by atoms with van der Waals surface area (Å²) in [6.45, 7) is 10.9. The predicted octanol–water partition coefficient (Wildman–Crippen LogP) is 5.39. The Labute approximate surface area is 236 Å². The van der Waals surface area contributed by atoms with Crippen LogP contribution in [0.4, 0.5) is 0 Å². The fourth-order valence-electron chi connectivity index (χ4n) is 6.27. The van der Waals surface area contributed by atoms with Gasteiger partial charge in [0.05, 0.1) is 18.3 Å². The highest BCUT2D eigenvalue weighted by Gasteiger charge is 2.45. The van der Waals surface area contributed by atoms with Gasteiger partial charge in [-0.15, -0.1) is 0 Å². The zero-order chi connectivity index (χ0) is 28.6. The molecule has 3 aliphatic rings. The van der Waals surface area contributed by atoms with Crippen LogP contribution in [0, 0.1) is 17.8 Å². The number of allylic oxidation sites excluding steroid dienone is 1. The third-order valence-corrected chi connectivity index (χ3v) is 8.93. The lowest BCUT2D eigenvalue weighted by atomic mass is 9.80. The zero-order valence-electron chi connectivity index (χ0n) is 25.1. The Morgan fingerprint density at radius 2 is 1.62 bits per heavy atom. The molecule has 0 saturated carbocycles. The van der Waals surface area contributed by atoms with Crippen molar-refractivity contribution in [1.29, 1.82) is 0 Å². The van der Waals surface area contributed by atoms with E-state index in [1.165, 1.54) is 63.4 Å². The van der Waals surface area contributed by atoms with Crippen molar-refractivity contribution in [1.82, 2.24) is 0 Å². The van der Waals surface area contributed by atoms with Gasteiger partial charge in [-0.3, -0.25) is 0 Å². The van der Waals surface area contributed by atoms with Crippen molar-refractivity contribution in [3.8, 4) is 0 Å². The fraction of sp³-hybridized carbons (Fsp3) is 0.875. The minimum atomic E-state index is -1.45. The molecule has 0 radical (unpaired) electrons. The van der Waals surface area contributed by atoms with E-state index in [0.29, 0.717) is 5.76 Å². The van der Waals surface area contributed by atoms with Gasteiger partial charge in [-0.1, -0.05) is 85.5 Å². The van der Waals surface area contributed by atoms with Gasteiger partial charge >= 0.3 is 0 Å². The van der Waals surface area contributed by atoms with Crippen LogP contribution >= 0.6 is 0 Å². The van der Waals surface area contributed by atoms with Gasteiger partial charge in [-0.25, -0.2) is 0 Å². The highest BCUT2D eigenvalue weighted by molar-refractivity contribution is 5.31. The van der Waals surface area contributed by atoms with Gasteiger partial charge in [0.2, 0.25) is 6.29 Å². The SMILES string of the molecule is CC(C)CCCCCCC[C@@H](C)CCC[C@]1(C)CCC2=CC(O[C@@H]3OC(CO)[C@@H](O)C(O)C3O)=CC(C)C2O1. The molecular formula is C32H56O7. The van der Waals surface area contributed by atoms with Crippen molar-refractivity contribution in [2.45, 2.75) is 154 Å². The predicted molar refractivity (Wildman–Crippen MR) is 153 cm³/mol. The summed E-state index contributed by atoms with van der Waals surface area (Å²) < 4.78 is 18.1. The molecule has 0 aromatic heterocycles. The molecule has 0 spiro atoms. The molecule has 1 aliphatic carbocycles. The normalized spacial score (nSPS) is 35.8. The topological polar surface area (TPSA) is 109 Å². The van der Waals surface area contributed by atoms with Crippen molar-refractivity contribution < 1.29 is 34.6 Å². The highest BCUT2D eigenvalue weighted by Crippen LogP contribution is 2.42. The number of fused-ring (bicyclic) bond motifs is 1. The molecule has 2 fully saturated rings. The number of hydrogen-bond acceptors (Lipinski definition) is 7. The van der Waals surface area contributed by atoms with Crippen molar-refractivity contribution >= 4 is 0 Å². The second kappa shape index (κ2) is 15.3. The molecule has 4 N–H and O–H groups in total. The molecule has 5 unspecified atom stereocenters. The number of ether oxygens (including phenoxy) is 3. The standard InChI is InChI=1S/C32H56O7/c1-21(2)12-9-7-6-8-10-13-22(3)14-11-16-32(5)17-15-24-19-25(18-23(4)30(24)39-32)37-31-29(36)28(35)27(34)26(20-33)38-31/h18-19,21-23,26-31,33-36H,6-17,20H2,1-5H3/t22-,23?,26?,27-,28?,29?,30?,31-,32-/m1/s1. The summed E-state index contributed by atoms with van der Waals surface area (Å²) in [4.78, 5) is 0. The Morgan fingerprint density at radius 1 is 0.949 bits per heavy atom. The molecule has 7 heteroatoms. The molecule has 0 aromatic rings. The smallest absolute Gasteiger partial charge is 0.229 e. The second-order valence-corrected chi connectivity index (χ2v) is 13.2. The van der Waals surface area contributed by atoms with Gasteiger partial charge < -0.3 is 34.6 Å². The molecule has 7 nitrogen and oxygen atoms in total. The number of rotatable bonds is 15. The van der Waals surface area contributed by atoms with Crippen LogP contribution in [0.25, 0.3) is 0 Å². The Morgan fingerprint density at radius 3 is 2.31 bits per heavy atom.